The minimum atomic E-state index is 0.454. The molecule has 0 atom stereocenters. The Labute approximate surface area is 64.8 Å². The molecule has 0 amide bonds. The van der Waals surface area contributed by atoms with E-state index in [0.29, 0.717) is 9.80 Å². The lowest BCUT2D eigenvalue weighted by atomic mass is 10.2. The van der Waals surface area contributed by atoms with E-state index in [1.165, 1.54) is 0 Å². The first kappa shape index (κ1) is 7.15. The average molecular weight is 153 g/mol. The van der Waals surface area contributed by atoms with Crippen molar-refractivity contribution in [2.45, 2.75) is 6.92 Å². The van der Waals surface area contributed by atoms with E-state index in [-0.39, 0.29) is 0 Å². The number of hydrogen-bond acceptors (Lipinski definition) is 2. The van der Waals surface area contributed by atoms with Crippen LogP contribution in [-0.2, 0) is 12.4 Å². The van der Waals surface area contributed by atoms with E-state index in [9.17, 15) is 5.21 Å². The van der Waals surface area contributed by atoms with E-state index in [4.69, 9.17) is 0 Å². The second-order valence-corrected chi connectivity index (χ2v) is 2.38. The predicted octanol–water partition coefficient (Wildman–Crippen LogP) is 1.87. The summed E-state index contributed by atoms with van der Waals surface area (Å²) in [7, 11) is 0. The van der Waals surface area contributed by atoms with Crippen molar-refractivity contribution in [2.75, 3.05) is 0 Å². The zero-order valence-corrected chi connectivity index (χ0v) is 6.39. The molecular formula is C7H7NOS. The van der Waals surface area contributed by atoms with Gasteiger partial charge in [-0.15, -0.1) is 0 Å². The van der Waals surface area contributed by atoms with Crippen LogP contribution in [0.3, 0.4) is 0 Å². The summed E-state index contributed by atoms with van der Waals surface area (Å²) < 4.78 is 0.454. The number of para-hydroxylation sites is 1. The van der Waals surface area contributed by atoms with Gasteiger partial charge in [-0.3, -0.25) is 0 Å². The Morgan fingerprint density at radius 1 is 1.40 bits per heavy atom. The molecule has 0 aliphatic heterocycles. The molecule has 0 heterocycles. The van der Waals surface area contributed by atoms with Gasteiger partial charge in [0, 0.05) is 11.6 Å². The van der Waals surface area contributed by atoms with Gasteiger partial charge in [0.2, 0.25) is 5.69 Å². The van der Waals surface area contributed by atoms with Crippen molar-refractivity contribution in [3.05, 3.63) is 35.0 Å². The van der Waals surface area contributed by atoms with E-state index in [0.717, 1.165) is 5.56 Å². The van der Waals surface area contributed by atoms with Crippen LogP contribution in [-0.4, -0.2) is 4.11 Å². The number of nitrogens with zero attached hydrogens (tertiary/aromatic N) is 1. The third kappa shape index (κ3) is 1.30. The lowest BCUT2D eigenvalue weighted by molar-refractivity contribution is -0.325. The SMILES string of the molecule is Cc1ccccc1[N+]([O-])=S. The maximum absolute atomic E-state index is 10.6. The molecule has 1 aromatic carbocycles. The lowest BCUT2D eigenvalue weighted by Gasteiger charge is -1.98. The molecule has 0 aliphatic carbocycles. The van der Waals surface area contributed by atoms with Gasteiger partial charge >= 0.3 is 0 Å². The van der Waals surface area contributed by atoms with Gasteiger partial charge in [-0.05, 0) is 6.92 Å². The molecule has 0 saturated heterocycles. The molecule has 52 valence electrons. The summed E-state index contributed by atoms with van der Waals surface area (Å²) in [5.74, 6) is 0. The molecule has 1 aromatic rings. The summed E-state index contributed by atoms with van der Waals surface area (Å²) in [6.07, 6.45) is 0. The molecule has 0 aliphatic rings. The Morgan fingerprint density at radius 2 is 2.00 bits per heavy atom. The standard InChI is InChI=1S/C7H7NOS/c1-6-4-2-3-5-7(6)8(9)10/h2-5H,1H3. The van der Waals surface area contributed by atoms with Crippen molar-refractivity contribution in [1.29, 1.82) is 0 Å². The van der Waals surface area contributed by atoms with E-state index >= 15 is 0 Å². The molecule has 10 heavy (non-hydrogen) atoms. The smallest absolute Gasteiger partial charge is 0.284 e. The molecule has 0 fully saturated rings. The van der Waals surface area contributed by atoms with Crippen LogP contribution in [0.5, 0.6) is 0 Å². The van der Waals surface area contributed by atoms with Crippen molar-refractivity contribution in [3.63, 3.8) is 0 Å². The van der Waals surface area contributed by atoms with Crippen molar-refractivity contribution < 1.29 is 4.11 Å². The average Bonchev–Trinajstić information content (AvgIpc) is 1.88. The summed E-state index contributed by atoms with van der Waals surface area (Å²) >= 11 is 4.41. The maximum atomic E-state index is 10.6. The first-order chi connectivity index (χ1) is 4.72. The zero-order chi connectivity index (χ0) is 7.56. The zero-order valence-electron chi connectivity index (χ0n) is 5.57. The van der Waals surface area contributed by atoms with Gasteiger partial charge in [0.15, 0.2) is 0 Å². The van der Waals surface area contributed by atoms with Gasteiger partial charge in [-0.25, -0.2) is 0 Å². The van der Waals surface area contributed by atoms with Gasteiger partial charge < -0.3 is 5.21 Å². The van der Waals surface area contributed by atoms with Crippen molar-refractivity contribution >= 4 is 18.1 Å². The molecule has 0 N–H and O–H groups in total. The van der Waals surface area contributed by atoms with Crippen LogP contribution in [0.2, 0.25) is 0 Å². The van der Waals surface area contributed by atoms with E-state index in [2.05, 4.69) is 12.4 Å². The second-order valence-electron chi connectivity index (χ2n) is 2.04. The topological polar surface area (TPSA) is 26.1 Å². The second kappa shape index (κ2) is 2.75. The van der Waals surface area contributed by atoms with Crippen LogP contribution in [0.1, 0.15) is 5.56 Å². The first-order valence-electron chi connectivity index (χ1n) is 2.92. The summed E-state index contributed by atoms with van der Waals surface area (Å²) in [4.78, 5) is 0. The van der Waals surface area contributed by atoms with Crippen LogP contribution in [0.4, 0.5) is 5.69 Å². The van der Waals surface area contributed by atoms with Crippen LogP contribution >= 0.6 is 0 Å². The Bertz CT molecular complexity index is 260. The molecule has 2 nitrogen and oxygen atoms in total. The highest BCUT2D eigenvalue weighted by atomic mass is 32.1. The van der Waals surface area contributed by atoms with Crippen molar-refractivity contribution in [1.82, 2.24) is 0 Å². The van der Waals surface area contributed by atoms with Gasteiger partial charge in [-0.2, -0.15) is 0 Å². The molecule has 0 unspecified atom stereocenters. The highest BCUT2D eigenvalue weighted by Crippen LogP contribution is 2.14. The maximum Gasteiger partial charge on any atom is 0.284 e. The summed E-state index contributed by atoms with van der Waals surface area (Å²) in [5.41, 5.74) is 1.46. The van der Waals surface area contributed by atoms with Gasteiger partial charge in [0.1, 0.15) is 0 Å². The number of aryl methyl sites for hydroxylation is 1. The van der Waals surface area contributed by atoms with Crippen LogP contribution in [0.25, 0.3) is 0 Å². The minimum Gasteiger partial charge on any atom is -0.605 e. The summed E-state index contributed by atoms with van der Waals surface area (Å²) in [6.45, 7) is 1.85. The first-order valence-corrected chi connectivity index (χ1v) is 3.28. The Kier molecular flexibility index (Phi) is 1.97. The number of benzene rings is 1. The van der Waals surface area contributed by atoms with Gasteiger partial charge in [0.25, 0.3) is 12.4 Å². The van der Waals surface area contributed by atoms with Gasteiger partial charge in [0.05, 0.1) is 0 Å². The fourth-order valence-electron chi connectivity index (χ4n) is 0.768. The minimum absolute atomic E-state index is 0.454. The van der Waals surface area contributed by atoms with Crippen LogP contribution in [0.15, 0.2) is 24.3 Å². The third-order valence-electron chi connectivity index (χ3n) is 1.31. The van der Waals surface area contributed by atoms with Crippen LogP contribution in [0, 0.1) is 12.1 Å². The number of rotatable bonds is 1. The highest BCUT2D eigenvalue weighted by Gasteiger charge is 2.02. The summed E-state index contributed by atoms with van der Waals surface area (Å²) in [5, 5.41) is 10.6. The molecule has 1 rings (SSSR count). The number of hydrogen-bond donors (Lipinski definition) is 0. The molecule has 0 radical (unpaired) electrons. The molecular weight excluding hydrogens is 146 g/mol. The Hall–Kier alpha value is -0.960. The van der Waals surface area contributed by atoms with E-state index in [1.807, 2.05) is 19.1 Å². The Morgan fingerprint density at radius 3 is 2.40 bits per heavy atom. The van der Waals surface area contributed by atoms with Crippen LogP contribution < -0.4 is 0 Å². The molecule has 0 saturated carbocycles. The van der Waals surface area contributed by atoms with E-state index < -0.39 is 0 Å². The molecule has 0 bridgehead atoms. The third-order valence-corrected chi connectivity index (χ3v) is 1.51. The molecule has 3 heteroatoms. The monoisotopic (exact) mass is 153 g/mol. The molecule has 0 spiro atoms. The largest absolute Gasteiger partial charge is 0.605 e. The predicted molar refractivity (Wildman–Crippen MR) is 41.8 cm³/mol. The highest BCUT2D eigenvalue weighted by molar-refractivity contribution is 7.44. The normalized spacial score (nSPS) is 9.30. The fraction of sp³-hybridized carbons (Fsp3) is 0.143. The van der Waals surface area contributed by atoms with Gasteiger partial charge in [-0.1, -0.05) is 22.3 Å². The quantitative estimate of drug-likeness (QED) is 0.454. The molecule has 0 aromatic heterocycles. The van der Waals surface area contributed by atoms with Crippen molar-refractivity contribution in [2.24, 2.45) is 0 Å². The fourth-order valence-corrected chi connectivity index (χ4v) is 0.973. The Balaban J connectivity index is 3.15. The van der Waals surface area contributed by atoms with E-state index in [1.54, 1.807) is 12.1 Å². The van der Waals surface area contributed by atoms with Crippen molar-refractivity contribution in [3.8, 4) is 0 Å². The lowest BCUT2D eigenvalue weighted by Crippen LogP contribution is -1.89. The summed E-state index contributed by atoms with van der Waals surface area (Å²) in [6, 6.07) is 7.22.